The van der Waals surface area contributed by atoms with Gasteiger partial charge in [0.2, 0.25) is 0 Å². The van der Waals surface area contributed by atoms with Crippen LogP contribution in [0.1, 0.15) is 72.9 Å². The topological polar surface area (TPSA) is 0 Å². The summed E-state index contributed by atoms with van der Waals surface area (Å²) in [6.07, 6.45) is 16.1. The standard InChI is InChI=1S/C36H38S/c1-3-5-7-29-9-13-31(14-10-29)17-19-33-21-25-35(26-22-33)37-36-27-23-34(24-28-36)20-18-32-15-11-30(12-16-32)8-6-4-2/h9-28H,3-8H2,1-2H3. The normalized spacial score (nSPS) is 11.5. The summed E-state index contributed by atoms with van der Waals surface area (Å²) in [6.45, 7) is 4.48. The van der Waals surface area contributed by atoms with E-state index in [-0.39, 0.29) is 0 Å². The van der Waals surface area contributed by atoms with Crippen LogP contribution >= 0.6 is 11.8 Å². The predicted molar refractivity (Wildman–Crippen MR) is 165 cm³/mol. The zero-order chi connectivity index (χ0) is 25.7. The Bertz CT molecular complexity index is 1160. The predicted octanol–water partition coefficient (Wildman–Crippen LogP) is 10.9. The van der Waals surface area contributed by atoms with Crippen LogP contribution in [-0.4, -0.2) is 0 Å². The largest absolute Gasteiger partial charge is 0.0901 e. The van der Waals surface area contributed by atoms with Gasteiger partial charge in [0.1, 0.15) is 0 Å². The van der Waals surface area contributed by atoms with E-state index < -0.39 is 0 Å². The molecule has 0 unspecified atom stereocenters. The van der Waals surface area contributed by atoms with E-state index in [9.17, 15) is 0 Å². The molecule has 0 atom stereocenters. The molecule has 0 aliphatic heterocycles. The van der Waals surface area contributed by atoms with Gasteiger partial charge in [-0.1, -0.05) is 136 Å². The minimum absolute atomic E-state index is 1.17. The first-order chi connectivity index (χ1) is 18.2. The van der Waals surface area contributed by atoms with E-state index in [0.717, 1.165) is 0 Å². The fraction of sp³-hybridized carbons (Fsp3) is 0.222. The van der Waals surface area contributed by atoms with Gasteiger partial charge < -0.3 is 0 Å². The first kappa shape index (κ1) is 26.8. The zero-order valence-corrected chi connectivity index (χ0v) is 23.0. The van der Waals surface area contributed by atoms with Gasteiger partial charge in [0.15, 0.2) is 0 Å². The smallest absolute Gasteiger partial charge is 0.0122 e. The van der Waals surface area contributed by atoms with Crippen LogP contribution < -0.4 is 0 Å². The molecule has 0 bridgehead atoms. The maximum Gasteiger partial charge on any atom is 0.0122 e. The molecule has 4 aromatic carbocycles. The van der Waals surface area contributed by atoms with Crippen molar-refractivity contribution in [2.75, 3.05) is 0 Å². The molecular formula is C36H38S. The molecule has 0 fully saturated rings. The third-order valence-electron chi connectivity index (χ3n) is 6.53. The van der Waals surface area contributed by atoms with E-state index in [1.807, 2.05) is 0 Å². The molecule has 0 aromatic heterocycles. The van der Waals surface area contributed by atoms with Crippen molar-refractivity contribution in [1.82, 2.24) is 0 Å². The molecule has 0 spiro atoms. The average Bonchev–Trinajstić information content (AvgIpc) is 2.95. The molecule has 4 aromatic rings. The van der Waals surface area contributed by atoms with E-state index in [4.69, 9.17) is 0 Å². The van der Waals surface area contributed by atoms with Gasteiger partial charge in [-0.25, -0.2) is 0 Å². The Morgan fingerprint density at radius 1 is 0.432 bits per heavy atom. The lowest BCUT2D eigenvalue weighted by Gasteiger charge is -2.04. The highest BCUT2D eigenvalue weighted by atomic mass is 32.2. The number of aryl methyl sites for hydroxylation is 2. The van der Waals surface area contributed by atoms with Gasteiger partial charge in [0.05, 0.1) is 0 Å². The summed E-state index contributed by atoms with van der Waals surface area (Å²) in [6, 6.07) is 35.5. The van der Waals surface area contributed by atoms with Gasteiger partial charge in [0, 0.05) is 9.79 Å². The summed E-state index contributed by atoms with van der Waals surface area (Å²) in [5, 5.41) is 0. The van der Waals surface area contributed by atoms with Crippen LogP contribution in [0.3, 0.4) is 0 Å². The first-order valence-electron chi connectivity index (χ1n) is 13.6. The summed E-state index contributed by atoms with van der Waals surface area (Å²) < 4.78 is 0. The van der Waals surface area contributed by atoms with E-state index >= 15 is 0 Å². The van der Waals surface area contributed by atoms with E-state index in [0.29, 0.717) is 0 Å². The second-order valence-electron chi connectivity index (χ2n) is 9.60. The molecule has 4 rings (SSSR count). The van der Waals surface area contributed by atoms with Crippen molar-refractivity contribution in [1.29, 1.82) is 0 Å². The molecule has 0 N–H and O–H groups in total. The Morgan fingerprint density at radius 2 is 0.730 bits per heavy atom. The molecule has 0 aliphatic carbocycles. The fourth-order valence-electron chi connectivity index (χ4n) is 4.17. The Hall–Kier alpha value is -3.29. The van der Waals surface area contributed by atoms with Crippen LogP contribution in [0.4, 0.5) is 0 Å². The molecule has 0 radical (unpaired) electrons. The van der Waals surface area contributed by atoms with Crippen molar-refractivity contribution in [3.63, 3.8) is 0 Å². The van der Waals surface area contributed by atoms with Crippen molar-refractivity contribution in [2.24, 2.45) is 0 Å². The summed E-state index contributed by atoms with van der Waals surface area (Å²) >= 11 is 1.80. The van der Waals surface area contributed by atoms with Crippen molar-refractivity contribution < 1.29 is 0 Å². The van der Waals surface area contributed by atoms with Crippen molar-refractivity contribution >= 4 is 36.1 Å². The van der Waals surface area contributed by atoms with Crippen LogP contribution in [0.25, 0.3) is 24.3 Å². The second kappa shape index (κ2) is 14.4. The molecule has 0 nitrogen and oxygen atoms in total. The van der Waals surface area contributed by atoms with Crippen LogP contribution in [-0.2, 0) is 12.8 Å². The Morgan fingerprint density at radius 3 is 1.03 bits per heavy atom. The summed E-state index contributed by atoms with van der Waals surface area (Å²) in [4.78, 5) is 2.51. The van der Waals surface area contributed by atoms with Crippen molar-refractivity contribution in [3.8, 4) is 0 Å². The molecule has 0 amide bonds. The number of hydrogen-bond acceptors (Lipinski definition) is 1. The molecule has 1 heteroatoms. The van der Waals surface area contributed by atoms with Gasteiger partial charge in [-0.15, -0.1) is 0 Å². The van der Waals surface area contributed by atoms with Crippen molar-refractivity contribution in [3.05, 3.63) is 130 Å². The third-order valence-corrected chi connectivity index (χ3v) is 7.55. The summed E-state index contributed by atoms with van der Waals surface area (Å²) in [5.41, 5.74) is 7.79. The lowest BCUT2D eigenvalue weighted by atomic mass is 10.1. The van der Waals surface area contributed by atoms with Crippen LogP contribution in [0.2, 0.25) is 0 Å². The lowest BCUT2D eigenvalue weighted by molar-refractivity contribution is 0.795. The van der Waals surface area contributed by atoms with E-state index in [2.05, 4.69) is 135 Å². The highest BCUT2D eigenvalue weighted by molar-refractivity contribution is 7.99. The quantitative estimate of drug-likeness (QED) is 0.174. The average molecular weight is 503 g/mol. The SMILES string of the molecule is CCCCc1ccc(C=Cc2ccc(Sc3ccc(C=Cc4ccc(CCCC)cc4)cc3)cc2)cc1. The van der Waals surface area contributed by atoms with Crippen LogP contribution in [0.5, 0.6) is 0 Å². The molecule has 188 valence electrons. The first-order valence-corrected chi connectivity index (χ1v) is 14.5. The number of hydrogen-bond donors (Lipinski definition) is 0. The third kappa shape index (κ3) is 8.95. The number of rotatable bonds is 12. The highest BCUT2D eigenvalue weighted by Crippen LogP contribution is 2.28. The molecule has 0 saturated heterocycles. The second-order valence-corrected chi connectivity index (χ2v) is 10.7. The van der Waals surface area contributed by atoms with Gasteiger partial charge >= 0.3 is 0 Å². The Kier molecular flexibility index (Phi) is 10.5. The van der Waals surface area contributed by atoms with Gasteiger partial charge in [-0.05, 0) is 83.3 Å². The minimum Gasteiger partial charge on any atom is -0.0901 e. The zero-order valence-electron chi connectivity index (χ0n) is 22.2. The van der Waals surface area contributed by atoms with Gasteiger partial charge in [-0.2, -0.15) is 0 Å². The van der Waals surface area contributed by atoms with Crippen LogP contribution in [0.15, 0.2) is 107 Å². The van der Waals surface area contributed by atoms with Gasteiger partial charge in [-0.3, -0.25) is 0 Å². The fourth-order valence-corrected chi connectivity index (χ4v) is 4.98. The van der Waals surface area contributed by atoms with E-state index in [1.54, 1.807) is 11.8 Å². The maximum absolute atomic E-state index is 2.25. The molecule has 0 saturated carbocycles. The van der Waals surface area contributed by atoms with Crippen LogP contribution in [0, 0.1) is 0 Å². The van der Waals surface area contributed by atoms with Gasteiger partial charge in [0.25, 0.3) is 0 Å². The maximum atomic E-state index is 2.25. The number of benzene rings is 4. The Balaban J connectivity index is 1.28. The molecular weight excluding hydrogens is 464 g/mol. The monoisotopic (exact) mass is 502 g/mol. The summed E-state index contributed by atoms with van der Waals surface area (Å²) in [7, 11) is 0. The Labute approximate surface area is 228 Å². The van der Waals surface area contributed by atoms with Crippen molar-refractivity contribution in [2.45, 2.75) is 62.2 Å². The highest BCUT2D eigenvalue weighted by Gasteiger charge is 1.99. The number of unbranched alkanes of at least 4 members (excludes halogenated alkanes) is 2. The minimum atomic E-state index is 1.17. The molecule has 0 aliphatic rings. The molecule has 0 heterocycles. The van der Waals surface area contributed by atoms with E-state index in [1.165, 1.54) is 81.7 Å². The summed E-state index contributed by atoms with van der Waals surface area (Å²) in [5.74, 6) is 0. The lowest BCUT2D eigenvalue weighted by Crippen LogP contribution is -1.84. The molecule has 37 heavy (non-hydrogen) atoms.